The van der Waals surface area contributed by atoms with Crippen molar-refractivity contribution in [2.45, 2.75) is 25.9 Å². The number of halogens is 2. The number of benzene rings is 2. The first kappa shape index (κ1) is 19.7. The second kappa shape index (κ2) is 8.14. The molecule has 0 heterocycles. The number of hydrogen-bond acceptors (Lipinski definition) is 4. The molecule has 0 aliphatic carbocycles. The minimum Gasteiger partial charge on any atom is -0.453 e. The van der Waals surface area contributed by atoms with E-state index in [1.807, 2.05) is 6.92 Å². The third-order valence-corrected chi connectivity index (χ3v) is 4.54. The summed E-state index contributed by atoms with van der Waals surface area (Å²) in [5, 5.41) is 0.129. The summed E-state index contributed by atoms with van der Waals surface area (Å²) in [5.74, 6) is -0.353. The predicted molar refractivity (Wildman–Crippen MR) is 96.8 cm³/mol. The maximum Gasteiger partial charge on any atom is 0.209 e. The zero-order chi connectivity index (χ0) is 18.6. The Morgan fingerprint density at radius 3 is 2.68 bits per heavy atom. The van der Waals surface area contributed by atoms with Crippen molar-refractivity contribution in [2.24, 2.45) is 5.73 Å². The Bertz CT molecular complexity index is 859. The van der Waals surface area contributed by atoms with Crippen LogP contribution in [0.15, 0.2) is 36.4 Å². The quantitative estimate of drug-likeness (QED) is 0.759. The molecular formula is C17H20ClFN2O3S. The second-order valence-corrected chi connectivity index (χ2v) is 7.88. The summed E-state index contributed by atoms with van der Waals surface area (Å²) >= 11 is 6.06. The average Bonchev–Trinajstić information content (AvgIpc) is 2.56. The summed E-state index contributed by atoms with van der Waals surface area (Å²) < 4.78 is 45.0. The third-order valence-electron chi connectivity index (χ3n) is 3.58. The van der Waals surface area contributed by atoms with E-state index in [1.54, 1.807) is 36.4 Å². The summed E-state index contributed by atoms with van der Waals surface area (Å²) in [7, 11) is -3.31. The van der Waals surface area contributed by atoms with E-state index < -0.39 is 21.9 Å². The van der Waals surface area contributed by atoms with Crippen molar-refractivity contribution in [3.05, 3.63) is 58.4 Å². The molecule has 0 saturated carbocycles. The summed E-state index contributed by atoms with van der Waals surface area (Å²) in [5.41, 5.74) is 6.91. The first-order chi connectivity index (χ1) is 11.7. The molecule has 0 aliphatic rings. The average molecular weight is 387 g/mol. The molecular weight excluding hydrogens is 367 g/mol. The standard InChI is InChI=1S/C17H20ClFN2O3S/c1-3-15(20)13-7-8-14(18)17(16(13)19)24-12-6-4-5-11(9-12)10-21-25(2,22)23/h4-9,15,21H,3,10,20H2,1-2H3/t15-/m1/s1. The van der Waals surface area contributed by atoms with E-state index >= 15 is 0 Å². The second-order valence-electron chi connectivity index (χ2n) is 5.64. The van der Waals surface area contributed by atoms with Crippen LogP contribution in [0.2, 0.25) is 5.02 Å². The van der Waals surface area contributed by atoms with Crippen molar-refractivity contribution in [2.75, 3.05) is 6.26 Å². The molecule has 2 rings (SSSR count). The van der Waals surface area contributed by atoms with Crippen molar-refractivity contribution in [1.29, 1.82) is 0 Å². The summed E-state index contributed by atoms with van der Waals surface area (Å²) in [4.78, 5) is 0. The van der Waals surface area contributed by atoms with Gasteiger partial charge in [0.15, 0.2) is 11.6 Å². The van der Waals surface area contributed by atoms with Gasteiger partial charge in [-0.1, -0.05) is 36.7 Å². The Labute approximate surface area is 152 Å². The predicted octanol–water partition coefficient (Wildman–Crippen LogP) is 3.73. The van der Waals surface area contributed by atoms with Gasteiger partial charge in [-0.15, -0.1) is 0 Å². The van der Waals surface area contributed by atoms with E-state index in [2.05, 4.69) is 4.72 Å². The van der Waals surface area contributed by atoms with Crippen LogP contribution in [0.5, 0.6) is 11.5 Å². The van der Waals surface area contributed by atoms with Crippen molar-refractivity contribution in [1.82, 2.24) is 4.72 Å². The molecule has 0 unspecified atom stereocenters. The fraction of sp³-hybridized carbons (Fsp3) is 0.294. The van der Waals surface area contributed by atoms with Crippen LogP contribution < -0.4 is 15.2 Å². The van der Waals surface area contributed by atoms with Crippen molar-refractivity contribution >= 4 is 21.6 Å². The summed E-state index contributed by atoms with van der Waals surface area (Å²) in [6.07, 6.45) is 1.65. The number of rotatable bonds is 7. The van der Waals surface area contributed by atoms with Gasteiger partial charge in [-0.3, -0.25) is 0 Å². The highest BCUT2D eigenvalue weighted by atomic mass is 35.5. The van der Waals surface area contributed by atoms with Crippen LogP contribution in [-0.2, 0) is 16.6 Å². The van der Waals surface area contributed by atoms with E-state index in [9.17, 15) is 12.8 Å². The molecule has 0 spiro atoms. The van der Waals surface area contributed by atoms with Gasteiger partial charge >= 0.3 is 0 Å². The Morgan fingerprint density at radius 1 is 1.32 bits per heavy atom. The van der Waals surface area contributed by atoms with Crippen LogP contribution in [0.25, 0.3) is 0 Å². The maximum absolute atomic E-state index is 14.7. The van der Waals surface area contributed by atoms with Gasteiger partial charge in [-0.05, 0) is 30.2 Å². The summed E-state index contributed by atoms with van der Waals surface area (Å²) in [6, 6.07) is 9.29. The lowest BCUT2D eigenvalue weighted by Gasteiger charge is -2.15. The van der Waals surface area contributed by atoms with Gasteiger partial charge in [0, 0.05) is 18.2 Å². The lowest BCUT2D eigenvalue weighted by molar-refractivity contribution is 0.434. The molecule has 5 nitrogen and oxygen atoms in total. The van der Waals surface area contributed by atoms with Crippen molar-refractivity contribution in [3.63, 3.8) is 0 Å². The highest BCUT2D eigenvalue weighted by Crippen LogP contribution is 2.36. The molecule has 0 saturated heterocycles. The Kier molecular flexibility index (Phi) is 6.40. The number of sulfonamides is 1. The largest absolute Gasteiger partial charge is 0.453 e. The first-order valence-electron chi connectivity index (χ1n) is 7.66. The van der Waals surface area contributed by atoms with Gasteiger partial charge in [0.05, 0.1) is 11.3 Å². The highest BCUT2D eigenvalue weighted by Gasteiger charge is 2.18. The minimum atomic E-state index is -3.31. The first-order valence-corrected chi connectivity index (χ1v) is 9.93. The number of ether oxygens (including phenoxy) is 1. The van der Waals surface area contributed by atoms with Crippen LogP contribution in [-0.4, -0.2) is 14.7 Å². The molecule has 2 aromatic rings. The van der Waals surface area contributed by atoms with Gasteiger partial charge in [0.2, 0.25) is 10.0 Å². The van der Waals surface area contributed by atoms with E-state index in [-0.39, 0.29) is 17.3 Å². The fourth-order valence-electron chi connectivity index (χ4n) is 2.20. The molecule has 3 N–H and O–H groups in total. The molecule has 2 aromatic carbocycles. The summed E-state index contributed by atoms with van der Waals surface area (Å²) in [6.45, 7) is 1.96. The molecule has 8 heteroatoms. The SMILES string of the molecule is CC[C@@H](N)c1ccc(Cl)c(Oc2cccc(CNS(C)(=O)=O)c2)c1F. The van der Waals surface area contributed by atoms with Crippen LogP contribution in [0.4, 0.5) is 4.39 Å². The molecule has 0 fully saturated rings. The lowest BCUT2D eigenvalue weighted by Crippen LogP contribution is -2.21. The minimum absolute atomic E-state index is 0.101. The zero-order valence-corrected chi connectivity index (χ0v) is 15.5. The van der Waals surface area contributed by atoms with E-state index in [4.69, 9.17) is 22.1 Å². The van der Waals surface area contributed by atoms with Crippen LogP contribution in [0.1, 0.15) is 30.5 Å². The normalized spacial score (nSPS) is 12.8. The van der Waals surface area contributed by atoms with E-state index in [1.165, 1.54) is 0 Å². The third kappa shape index (κ3) is 5.40. The fourth-order valence-corrected chi connectivity index (χ4v) is 2.81. The number of hydrogen-bond donors (Lipinski definition) is 2. The Morgan fingerprint density at radius 2 is 2.04 bits per heavy atom. The van der Waals surface area contributed by atoms with Crippen LogP contribution >= 0.6 is 11.6 Å². The maximum atomic E-state index is 14.7. The molecule has 1 atom stereocenters. The van der Waals surface area contributed by atoms with E-state index in [0.29, 0.717) is 23.3 Å². The van der Waals surface area contributed by atoms with E-state index in [0.717, 1.165) is 6.26 Å². The molecule has 0 amide bonds. The van der Waals surface area contributed by atoms with Gasteiger partial charge in [-0.2, -0.15) is 0 Å². The molecule has 0 bridgehead atoms. The van der Waals surface area contributed by atoms with Gasteiger partial charge in [0.1, 0.15) is 5.75 Å². The van der Waals surface area contributed by atoms with Crippen LogP contribution in [0, 0.1) is 5.82 Å². The zero-order valence-electron chi connectivity index (χ0n) is 13.9. The van der Waals surface area contributed by atoms with Crippen molar-refractivity contribution in [3.8, 4) is 11.5 Å². The Balaban J connectivity index is 2.28. The molecule has 0 aliphatic heterocycles. The van der Waals surface area contributed by atoms with Gasteiger partial charge in [0.25, 0.3) is 0 Å². The van der Waals surface area contributed by atoms with Gasteiger partial charge in [-0.25, -0.2) is 17.5 Å². The highest BCUT2D eigenvalue weighted by molar-refractivity contribution is 7.88. The lowest BCUT2D eigenvalue weighted by atomic mass is 10.0. The van der Waals surface area contributed by atoms with Crippen molar-refractivity contribution < 1.29 is 17.5 Å². The smallest absolute Gasteiger partial charge is 0.209 e. The number of nitrogens with two attached hydrogens (primary N) is 1. The molecule has 25 heavy (non-hydrogen) atoms. The topological polar surface area (TPSA) is 81.4 Å². The molecule has 136 valence electrons. The van der Waals surface area contributed by atoms with Crippen LogP contribution in [0.3, 0.4) is 0 Å². The van der Waals surface area contributed by atoms with Gasteiger partial charge < -0.3 is 10.5 Å². The number of nitrogens with one attached hydrogen (secondary N) is 1. The monoisotopic (exact) mass is 386 g/mol. The Hall–Kier alpha value is -1.67. The molecule has 0 radical (unpaired) electrons. The molecule has 0 aromatic heterocycles.